The van der Waals surface area contributed by atoms with Gasteiger partial charge in [0.05, 0.1) is 6.61 Å². The zero-order valence-corrected chi connectivity index (χ0v) is 15.7. The monoisotopic (exact) mass is 316 g/mol. The summed E-state index contributed by atoms with van der Waals surface area (Å²) in [6, 6.07) is 0. The van der Waals surface area contributed by atoms with E-state index >= 15 is 0 Å². The van der Waals surface area contributed by atoms with Gasteiger partial charge in [-0.3, -0.25) is 9.59 Å². The van der Waals surface area contributed by atoms with Gasteiger partial charge in [-0.2, -0.15) is 0 Å². The van der Waals surface area contributed by atoms with E-state index in [9.17, 15) is 9.59 Å². The van der Waals surface area contributed by atoms with Gasteiger partial charge in [0.2, 0.25) is 5.91 Å². The van der Waals surface area contributed by atoms with Crippen molar-refractivity contribution in [3.8, 4) is 0 Å². The Morgan fingerprint density at radius 3 is 2.05 bits per heavy atom. The molecule has 0 bridgehead atoms. The van der Waals surface area contributed by atoms with E-state index < -0.39 is 0 Å². The van der Waals surface area contributed by atoms with Crippen LogP contribution in [0.2, 0.25) is 0 Å². The molecule has 0 spiro atoms. The first-order chi connectivity index (χ1) is 9.99. The first kappa shape index (κ1) is 23.2. The molecule has 0 aliphatic rings. The number of hydrogen-bond acceptors (Lipinski definition) is 4. The number of ether oxygens (including phenoxy) is 1. The Kier molecular flexibility index (Phi) is 12.1. The molecule has 22 heavy (non-hydrogen) atoms. The van der Waals surface area contributed by atoms with Gasteiger partial charge in [0.1, 0.15) is 0 Å². The minimum atomic E-state index is -0.154. The minimum absolute atomic E-state index is 0.0446. The molecule has 0 atom stereocenters. The fourth-order valence-corrected chi connectivity index (χ4v) is 2.14. The van der Waals surface area contributed by atoms with Gasteiger partial charge >= 0.3 is 0 Å². The molecule has 5 nitrogen and oxygen atoms in total. The molecular weight excluding hydrogens is 280 g/mol. The number of nitrogens with one attached hydrogen (secondary N) is 2. The van der Waals surface area contributed by atoms with E-state index in [2.05, 4.69) is 43.1 Å². The first-order valence-electron chi connectivity index (χ1n) is 8.04. The molecule has 0 aromatic heterocycles. The molecule has 0 radical (unpaired) electrons. The summed E-state index contributed by atoms with van der Waals surface area (Å²) in [6.07, 6.45) is 2.42. The van der Waals surface area contributed by atoms with Crippen molar-refractivity contribution >= 4 is 12.4 Å². The van der Waals surface area contributed by atoms with Crippen LogP contribution in [0.1, 0.15) is 67.7 Å². The molecule has 0 saturated heterocycles. The number of amides is 1. The van der Waals surface area contributed by atoms with Crippen molar-refractivity contribution in [2.75, 3.05) is 13.7 Å². The molecule has 5 heteroatoms. The van der Waals surface area contributed by atoms with E-state index in [0.29, 0.717) is 25.4 Å². The molecule has 0 aliphatic carbocycles. The maximum Gasteiger partial charge on any atom is 0.293 e. The molecule has 1 amide bonds. The number of rotatable bonds is 9. The third-order valence-electron chi connectivity index (χ3n) is 3.01. The zero-order valence-electron chi connectivity index (χ0n) is 15.7. The average Bonchev–Trinajstić information content (AvgIpc) is 2.35. The third kappa shape index (κ3) is 15.3. The minimum Gasteiger partial charge on any atom is -0.468 e. The summed E-state index contributed by atoms with van der Waals surface area (Å²) in [5.74, 6) is 0.597. The van der Waals surface area contributed by atoms with E-state index in [1.54, 1.807) is 0 Å². The van der Waals surface area contributed by atoms with Crippen LogP contribution in [-0.2, 0) is 14.3 Å². The molecule has 0 aromatic carbocycles. The molecule has 0 aromatic rings. The quantitative estimate of drug-likeness (QED) is 0.642. The van der Waals surface area contributed by atoms with Crippen LogP contribution in [-0.4, -0.2) is 37.1 Å². The molecule has 0 rings (SSSR count). The van der Waals surface area contributed by atoms with E-state index in [0.717, 1.165) is 12.8 Å². The van der Waals surface area contributed by atoms with Crippen molar-refractivity contribution in [3.05, 3.63) is 0 Å². The Labute approximate surface area is 136 Å². The predicted molar refractivity (Wildman–Crippen MR) is 91.7 cm³/mol. The lowest BCUT2D eigenvalue weighted by Crippen LogP contribution is -2.51. The standard InChI is InChI=1S/C12H26N2O.C5H10O2/c1-7-8-10(15)14-12(4,5)9-11(2,3)13-6;1-5(2)3-7-4-6/h13H,7-9H2,1-6H3,(H,14,15);4-5H,3H2,1-2H3. The van der Waals surface area contributed by atoms with Crippen LogP contribution in [0.4, 0.5) is 0 Å². The third-order valence-corrected chi connectivity index (χ3v) is 3.01. The SMILES string of the molecule is CC(C)COC=O.CCCC(=O)NC(C)(C)CC(C)(C)NC. The molecule has 0 saturated carbocycles. The average molecular weight is 316 g/mol. The van der Waals surface area contributed by atoms with Crippen LogP contribution in [0.25, 0.3) is 0 Å². The Hall–Kier alpha value is -1.10. The second-order valence-corrected chi connectivity index (χ2v) is 7.32. The van der Waals surface area contributed by atoms with Crippen molar-refractivity contribution in [3.63, 3.8) is 0 Å². The van der Waals surface area contributed by atoms with Crippen molar-refractivity contribution in [1.29, 1.82) is 0 Å². The second-order valence-electron chi connectivity index (χ2n) is 7.32. The lowest BCUT2D eigenvalue weighted by atomic mass is 9.87. The summed E-state index contributed by atoms with van der Waals surface area (Å²) in [4.78, 5) is 21.0. The smallest absolute Gasteiger partial charge is 0.293 e. The van der Waals surface area contributed by atoms with Gasteiger partial charge in [0, 0.05) is 17.5 Å². The van der Waals surface area contributed by atoms with Gasteiger partial charge in [-0.15, -0.1) is 0 Å². The molecule has 0 heterocycles. The molecule has 132 valence electrons. The molecule has 0 fully saturated rings. The van der Waals surface area contributed by atoms with Crippen molar-refractivity contribution < 1.29 is 14.3 Å². The van der Waals surface area contributed by atoms with E-state index in [1.165, 1.54) is 0 Å². The van der Waals surface area contributed by atoms with Crippen molar-refractivity contribution in [1.82, 2.24) is 10.6 Å². The van der Waals surface area contributed by atoms with Crippen LogP contribution in [0.3, 0.4) is 0 Å². The lowest BCUT2D eigenvalue weighted by Gasteiger charge is -2.35. The number of carbonyl (C=O) groups is 2. The summed E-state index contributed by atoms with van der Waals surface area (Å²) in [6.45, 7) is 15.4. The van der Waals surface area contributed by atoms with Crippen LogP contribution in [0, 0.1) is 5.92 Å². The predicted octanol–water partition coefficient (Wildman–Crippen LogP) is 2.88. The number of hydrogen-bond donors (Lipinski definition) is 2. The maximum atomic E-state index is 11.5. The second kappa shape index (κ2) is 11.5. The lowest BCUT2D eigenvalue weighted by molar-refractivity contribution is -0.129. The maximum absolute atomic E-state index is 11.5. The highest BCUT2D eigenvalue weighted by Crippen LogP contribution is 2.19. The van der Waals surface area contributed by atoms with Crippen LogP contribution in [0.5, 0.6) is 0 Å². The van der Waals surface area contributed by atoms with Crippen molar-refractivity contribution in [2.45, 2.75) is 78.8 Å². The van der Waals surface area contributed by atoms with Crippen molar-refractivity contribution in [2.24, 2.45) is 5.92 Å². The normalized spacial score (nSPS) is 11.5. The summed E-state index contributed by atoms with van der Waals surface area (Å²) in [5, 5.41) is 6.32. The largest absolute Gasteiger partial charge is 0.468 e. The van der Waals surface area contributed by atoms with Gasteiger partial charge < -0.3 is 15.4 Å². The fraction of sp³-hybridized carbons (Fsp3) is 0.882. The molecular formula is C17H36N2O3. The summed E-state index contributed by atoms with van der Waals surface area (Å²) in [7, 11) is 1.95. The van der Waals surface area contributed by atoms with Gasteiger partial charge in [0.15, 0.2) is 0 Å². The Morgan fingerprint density at radius 1 is 1.18 bits per heavy atom. The van der Waals surface area contributed by atoms with Gasteiger partial charge in [-0.25, -0.2) is 0 Å². The Balaban J connectivity index is 0. The molecule has 0 aliphatic heterocycles. The Bertz CT molecular complexity index is 313. The van der Waals surface area contributed by atoms with Crippen LogP contribution < -0.4 is 10.6 Å². The van der Waals surface area contributed by atoms with E-state index in [1.807, 2.05) is 27.8 Å². The summed E-state index contributed by atoms with van der Waals surface area (Å²) in [5.41, 5.74) is -0.109. The highest BCUT2D eigenvalue weighted by Gasteiger charge is 2.28. The van der Waals surface area contributed by atoms with E-state index in [4.69, 9.17) is 0 Å². The topological polar surface area (TPSA) is 67.4 Å². The number of carbonyl (C=O) groups excluding carboxylic acids is 2. The molecule has 2 N–H and O–H groups in total. The highest BCUT2D eigenvalue weighted by molar-refractivity contribution is 5.76. The van der Waals surface area contributed by atoms with Gasteiger partial charge in [-0.1, -0.05) is 20.8 Å². The van der Waals surface area contributed by atoms with Crippen LogP contribution in [0.15, 0.2) is 0 Å². The fourth-order valence-electron chi connectivity index (χ4n) is 2.14. The Morgan fingerprint density at radius 2 is 1.73 bits per heavy atom. The van der Waals surface area contributed by atoms with E-state index in [-0.39, 0.29) is 17.0 Å². The summed E-state index contributed by atoms with van der Waals surface area (Å²) < 4.78 is 4.41. The first-order valence-corrected chi connectivity index (χ1v) is 8.04. The highest BCUT2D eigenvalue weighted by atomic mass is 16.5. The molecule has 0 unspecified atom stereocenters. The van der Waals surface area contributed by atoms with Gasteiger partial charge in [-0.05, 0) is 53.5 Å². The van der Waals surface area contributed by atoms with Crippen LogP contribution >= 0.6 is 0 Å². The van der Waals surface area contributed by atoms with Gasteiger partial charge in [0.25, 0.3) is 6.47 Å². The summed E-state index contributed by atoms with van der Waals surface area (Å²) >= 11 is 0. The zero-order chi connectivity index (χ0) is 17.8.